The van der Waals surface area contributed by atoms with Gasteiger partial charge >= 0.3 is 11.9 Å². The first-order chi connectivity index (χ1) is 13.0. The number of aromatic nitrogens is 1. The van der Waals surface area contributed by atoms with Crippen LogP contribution < -0.4 is 0 Å². The lowest BCUT2D eigenvalue weighted by Gasteiger charge is -2.39. The molecule has 4 atom stereocenters. The number of H-pyrrole nitrogens is 1. The Bertz CT molecular complexity index is 1050. The summed E-state index contributed by atoms with van der Waals surface area (Å²) in [6.07, 6.45) is 0. The van der Waals surface area contributed by atoms with E-state index in [0.717, 1.165) is 32.9 Å². The zero-order valence-electron chi connectivity index (χ0n) is 15.9. The second kappa shape index (κ2) is 6.41. The summed E-state index contributed by atoms with van der Waals surface area (Å²) in [5, 5.41) is 2.28. The maximum absolute atomic E-state index is 12.6. The molecule has 0 aliphatic heterocycles. The number of aromatic amines is 1. The van der Waals surface area contributed by atoms with Gasteiger partial charge in [-0.1, -0.05) is 44.2 Å². The molecule has 0 amide bonds. The number of carbonyl (C=O) groups is 2. The molecule has 5 heteroatoms. The molecule has 1 N–H and O–H groups in total. The molecule has 1 aromatic heterocycles. The highest BCUT2D eigenvalue weighted by molar-refractivity contribution is 6.09. The van der Waals surface area contributed by atoms with Crippen molar-refractivity contribution in [3.63, 3.8) is 0 Å². The molecule has 5 nitrogen and oxygen atoms in total. The molecular weight excluding hydrogens is 342 g/mol. The number of benzene rings is 2. The Labute approximate surface area is 157 Å². The van der Waals surface area contributed by atoms with Gasteiger partial charge in [-0.15, -0.1) is 0 Å². The van der Waals surface area contributed by atoms with E-state index in [1.807, 2.05) is 32.0 Å². The third-order valence-corrected chi connectivity index (χ3v) is 6.11. The molecule has 1 aliphatic rings. The summed E-state index contributed by atoms with van der Waals surface area (Å²) in [5.74, 6) is -2.21. The summed E-state index contributed by atoms with van der Waals surface area (Å²) in [6.45, 7) is 3.98. The fraction of sp³-hybridized carbons (Fsp3) is 0.364. The highest BCUT2D eigenvalue weighted by Gasteiger charge is 2.48. The predicted octanol–water partition coefficient (Wildman–Crippen LogP) is 4.12. The highest BCUT2D eigenvalue weighted by atomic mass is 16.5. The minimum atomic E-state index is -0.582. The maximum atomic E-state index is 12.6. The van der Waals surface area contributed by atoms with Crippen LogP contribution in [0.25, 0.3) is 21.8 Å². The molecule has 1 heterocycles. The summed E-state index contributed by atoms with van der Waals surface area (Å²) < 4.78 is 10.1. The van der Waals surface area contributed by atoms with Crippen molar-refractivity contribution in [3.8, 4) is 0 Å². The summed E-state index contributed by atoms with van der Waals surface area (Å²) >= 11 is 0. The van der Waals surface area contributed by atoms with Crippen LogP contribution in [0.4, 0.5) is 0 Å². The molecule has 140 valence electrons. The molecule has 4 rings (SSSR count). The predicted molar refractivity (Wildman–Crippen MR) is 104 cm³/mol. The fourth-order valence-electron chi connectivity index (χ4n) is 4.81. The number of nitrogens with one attached hydrogen (secondary N) is 1. The number of carbonyl (C=O) groups excluding carboxylic acids is 2. The van der Waals surface area contributed by atoms with Gasteiger partial charge in [-0.05, 0) is 29.0 Å². The number of ether oxygens (including phenoxy) is 2. The van der Waals surface area contributed by atoms with Gasteiger partial charge < -0.3 is 14.5 Å². The number of para-hydroxylation sites is 1. The van der Waals surface area contributed by atoms with Crippen LogP contribution in [-0.4, -0.2) is 31.1 Å². The summed E-state index contributed by atoms with van der Waals surface area (Å²) in [5.41, 5.74) is 4.26. The third kappa shape index (κ3) is 2.45. The SMILES string of the molecule is COC(=O)[C@H]1[C@H](C(=O)OC)[C@@H](C)c2c(ccc3c2[nH]c2ccccc23)[C@@H]1C. The Kier molecular flexibility index (Phi) is 4.17. The molecule has 0 radical (unpaired) electrons. The average Bonchev–Trinajstić information content (AvgIpc) is 3.07. The Balaban J connectivity index is 2.00. The standard InChI is InChI=1S/C22H23NO4/c1-11-13-9-10-15-14-7-5-6-8-16(14)23-20(15)17(13)12(2)19(22(25)27-4)18(11)21(24)26-3/h5-12,18-19,23H,1-4H3/t11-,12-,18+,19+/m0/s1. The van der Waals surface area contributed by atoms with Gasteiger partial charge in [-0.2, -0.15) is 0 Å². The molecule has 2 aromatic carbocycles. The van der Waals surface area contributed by atoms with Gasteiger partial charge in [0.1, 0.15) is 0 Å². The second-order valence-electron chi connectivity index (χ2n) is 7.34. The molecule has 0 fully saturated rings. The molecule has 0 saturated carbocycles. The lowest BCUT2D eigenvalue weighted by Crippen LogP contribution is -2.41. The van der Waals surface area contributed by atoms with Gasteiger partial charge in [0.2, 0.25) is 0 Å². The van der Waals surface area contributed by atoms with E-state index in [9.17, 15) is 9.59 Å². The van der Waals surface area contributed by atoms with E-state index in [2.05, 4.69) is 23.2 Å². The monoisotopic (exact) mass is 365 g/mol. The van der Waals surface area contributed by atoms with Crippen molar-refractivity contribution in [1.82, 2.24) is 4.98 Å². The lowest BCUT2D eigenvalue weighted by molar-refractivity contribution is -0.160. The summed E-state index contributed by atoms with van der Waals surface area (Å²) in [6, 6.07) is 12.3. The molecule has 0 unspecified atom stereocenters. The molecular formula is C22H23NO4. The minimum absolute atomic E-state index is 0.149. The van der Waals surface area contributed by atoms with Gasteiger partial charge in [-0.3, -0.25) is 9.59 Å². The molecule has 27 heavy (non-hydrogen) atoms. The Hall–Kier alpha value is -2.82. The topological polar surface area (TPSA) is 68.4 Å². The van der Waals surface area contributed by atoms with Crippen LogP contribution in [0, 0.1) is 11.8 Å². The van der Waals surface area contributed by atoms with Crippen LogP contribution in [-0.2, 0) is 19.1 Å². The van der Waals surface area contributed by atoms with Gasteiger partial charge in [0, 0.05) is 16.3 Å². The number of rotatable bonds is 2. The van der Waals surface area contributed by atoms with Crippen molar-refractivity contribution >= 4 is 33.7 Å². The number of hydrogen-bond donors (Lipinski definition) is 1. The Morgan fingerprint density at radius 1 is 0.852 bits per heavy atom. The van der Waals surface area contributed by atoms with Crippen molar-refractivity contribution in [2.24, 2.45) is 11.8 Å². The van der Waals surface area contributed by atoms with E-state index in [0.29, 0.717) is 0 Å². The maximum Gasteiger partial charge on any atom is 0.310 e. The van der Waals surface area contributed by atoms with Gasteiger partial charge in [0.05, 0.1) is 31.6 Å². The zero-order chi connectivity index (χ0) is 19.3. The molecule has 0 saturated heterocycles. The number of esters is 2. The molecule has 3 aromatic rings. The molecule has 1 aliphatic carbocycles. The number of fused-ring (bicyclic) bond motifs is 5. The van der Waals surface area contributed by atoms with E-state index in [4.69, 9.17) is 9.47 Å². The van der Waals surface area contributed by atoms with Crippen molar-refractivity contribution < 1.29 is 19.1 Å². The van der Waals surface area contributed by atoms with E-state index in [1.54, 1.807) is 0 Å². The van der Waals surface area contributed by atoms with Crippen LogP contribution in [0.5, 0.6) is 0 Å². The fourth-order valence-corrected chi connectivity index (χ4v) is 4.81. The van der Waals surface area contributed by atoms with Crippen molar-refractivity contribution in [3.05, 3.63) is 47.5 Å². The van der Waals surface area contributed by atoms with Gasteiger partial charge in [0.15, 0.2) is 0 Å². The zero-order valence-corrected chi connectivity index (χ0v) is 15.9. The third-order valence-electron chi connectivity index (χ3n) is 6.11. The quantitative estimate of drug-likeness (QED) is 0.694. The van der Waals surface area contributed by atoms with Crippen molar-refractivity contribution in [2.45, 2.75) is 25.7 Å². The normalized spacial score (nSPS) is 24.6. The first kappa shape index (κ1) is 17.6. The first-order valence-electron chi connectivity index (χ1n) is 9.18. The lowest BCUT2D eigenvalue weighted by atomic mass is 9.64. The smallest absolute Gasteiger partial charge is 0.310 e. The van der Waals surface area contributed by atoms with Crippen molar-refractivity contribution in [1.29, 1.82) is 0 Å². The highest BCUT2D eigenvalue weighted by Crippen LogP contribution is 2.50. The van der Waals surface area contributed by atoms with Crippen LogP contribution in [0.2, 0.25) is 0 Å². The van der Waals surface area contributed by atoms with E-state index in [1.165, 1.54) is 14.2 Å². The minimum Gasteiger partial charge on any atom is -0.469 e. The summed E-state index contributed by atoms with van der Waals surface area (Å²) in [4.78, 5) is 28.7. The van der Waals surface area contributed by atoms with E-state index < -0.39 is 11.8 Å². The number of hydrogen-bond acceptors (Lipinski definition) is 4. The Morgan fingerprint density at radius 3 is 2.15 bits per heavy atom. The van der Waals surface area contributed by atoms with Gasteiger partial charge in [-0.25, -0.2) is 0 Å². The van der Waals surface area contributed by atoms with Crippen LogP contribution >= 0.6 is 0 Å². The van der Waals surface area contributed by atoms with E-state index in [-0.39, 0.29) is 23.8 Å². The Morgan fingerprint density at radius 2 is 1.48 bits per heavy atom. The van der Waals surface area contributed by atoms with E-state index >= 15 is 0 Å². The molecule has 0 bridgehead atoms. The molecule has 0 spiro atoms. The van der Waals surface area contributed by atoms with Crippen LogP contribution in [0.3, 0.4) is 0 Å². The number of methoxy groups -OCH3 is 2. The second-order valence-corrected chi connectivity index (χ2v) is 7.34. The van der Waals surface area contributed by atoms with Crippen LogP contribution in [0.1, 0.15) is 36.8 Å². The van der Waals surface area contributed by atoms with Gasteiger partial charge in [0.25, 0.3) is 0 Å². The van der Waals surface area contributed by atoms with Crippen molar-refractivity contribution in [2.75, 3.05) is 14.2 Å². The largest absolute Gasteiger partial charge is 0.469 e. The first-order valence-corrected chi connectivity index (χ1v) is 9.18. The average molecular weight is 365 g/mol. The summed E-state index contributed by atoms with van der Waals surface area (Å²) in [7, 11) is 2.73. The van der Waals surface area contributed by atoms with Crippen LogP contribution in [0.15, 0.2) is 36.4 Å².